The standard InChI is InChI=1S/C17H20FNO2/c1-13-7-8-17(16(18)9-13)19-10-15(20)12-21-11-14-5-3-2-4-6-14/h2-9,15,19-20H,10-12H2,1H3. The van der Waals surface area contributed by atoms with Crippen LogP contribution in [-0.2, 0) is 11.3 Å². The molecule has 1 unspecified atom stereocenters. The van der Waals surface area contributed by atoms with Crippen LogP contribution < -0.4 is 5.32 Å². The fourth-order valence-corrected chi connectivity index (χ4v) is 1.94. The maximum Gasteiger partial charge on any atom is 0.146 e. The molecule has 0 saturated heterocycles. The molecule has 21 heavy (non-hydrogen) atoms. The molecule has 0 saturated carbocycles. The van der Waals surface area contributed by atoms with Crippen molar-refractivity contribution in [3.8, 4) is 0 Å². The van der Waals surface area contributed by atoms with Gasteiger partial charge in [-0.05, 0) is 30.2 Å². The summed E-state index contributed by atoms with van der Waals surface area (Å²) < 4.78 is 19.0. The quantitative estimate of drug-likeness (QED) is 0.823. The predicted octanol–water partition coefficient (Wildman–Crippen LogP) is 3.12. The minimum absolute atomic E-state index is 0.204. The van der Waals surface area contributed by atoms with Crippen molar-refractivity contribution < 1.29 is 14.2 Å². The summed E-state index contributed by atoms with van der Waals surface area (Å²) in [6.07, 6.45) is -0.686. The first-order chi connectivity index (χ1) is 10.1. The van der Waals surface area contributed by atoms with Gasteiger partial charge in [0, 0.05) is 6.54 Å². The molecule has 0 radical (unpaired) electrons. The van der Waals surface area contributed by atoms with E-state index in [4.69, 9.17) is 4.74 Å². The van der Waals surface area contributed by atoms with Gasteiger partial charge in [-0.1, -0.05) is 36.4 Å². The Labute approximate surface area is 124 Å². The number of ether oxygens (including phenoxy) is 1. The molecule has 0 aliphatic carbocycles. The van der Waals surface area contributed by atoms with E-state index in [1.54, 1.807) is 6.07 Å². The van der Waals surface area contributed by atoms with Gasteiger partial charge in [-0.2, -0.15) is 0 Å². The summed E-state index contributed by atoms with van der Waals surface area (Å²) in [5, 5.41) is 12.7. The van der Waals surface area contributed by atoms with Crippen molar-refractivity contribution in [2.75, 3.05) is 18.5 Å². The molecule has 2 aromatic rings. The second-order valence-corrected chi connectivity index (χ2v) is 5.02. The van der Waals surface area contributed by atoms with E-state index < -0.39 is 6.10 Å². The van der Waals surface area contributed by atoms with Crippen LogP contribution in [0.4, 0.5) is 10.1 Å². The first-order valence-corrected chi connectivity index (χ1v) is 6.95. The van der Waals surface area contributed by atoms with E-state index in [1.165, 1.54) is 6.07 Å². The maximum atomic E-state index is 13.6. The highest BCUT2D eigenvalue weighted by atomic mass is 19.1. The van der Waals surface area contributed by atoms with Gasteiger partial charge in [-0.25, -0.2) is 4.39 Å². The smallest absolute Gasteiger partial charge is 0.146 e. The molecule has 3 nitrogen and oxygen atoms in total. The van der Waals surface area contributed by atoms with Crippen molar-refractivity contribution in [1.29, 1.82) is 0 Å². The summed E-state index contributed by atoms with van der Waals surface area (Å²) in [5.74, 6) is -0.313. The van der Waals surface area contributed by atoms with Crippen molar-refractivity contribution >= 4 is 5.69 Å². The van der Waals surface area contributed by atoms with Crippen molar-refractivity contribution in [2.45, 2.75) is 19.6 Å². The number of aryl methyl sites for hydroxylation is 1. The molecule has 0 spiro atoms. The highest BCUT2D eigenvalue weighted by molar-refractivity contribution is 5.46. The minimum atomic E-state index is -0.686. The molecule has 112 valence electrons. The highest BCUT2D eigenvalue weighted by Gasteiger charge is 2.07. The Hall–Kier alpha value is -1.91. The largest absolute Gasteiger partial charge is 0.389 e. The van der Waals surface area contributed by atoms with Gasteiger partial charge >= 0.3 is 0 Å². The maximum absolute atomic E-state index is 13.6. The Morgan fingerprint density at radius 1 is 1.19 bits per heavy atom. The van der Waals surface area contributed by atoms with Crippen molar-refractivity contribution in [3.63, 3.8) is 0 Å². The fourth-order valence-electron chi connectivity index (χ4n) is 1.94. The number of anilines is 1. The van der Waals surface area contributed by atoms with E-state index in [1.807, 2.05) is 43.3 Å². The molecular weight excluding hydrogens is 269 g/mol. The number of aliphatic hydroxyl groups excluding tert-OH is 1. The Balaban J connectivity index is 1.71. The van der Waals surface area contributed by atoms with Crippen LogP contribution in [0.2, 0.25) is 0 Å². The van der Waals surface area contributed by atoms with Crippen LogP contribution in [0.3, 0.4) is 0 Å². The van der Waals surface area contributed by atoms with E-state index in [0.29, 0.717) is 12.3 Å². The number of benzene rings is 2. The summed E-state index contributed by atoms with van der Waals surface area (Å²) >= 11 is 0. The molecule has 2 rings (SSSR count). The van der Waals surface area contributed by atoms with Gasteiger partial charge in [0.2, 0.25) is 0 Å². The third-order valence-electron chi connectivity index (χ3n) is 3.07. The zero-order valence-electron chi connectivity index (χ0n) is 12.1. The average Bonchev–Trinajstić information content (AvgIpc) is 2.47. The third-order valence-corrected chi connectivity index (χ3v) is 3.07. The van der Waals surface area contributed by atoms with Crippen LogP contribution in [-0.4, -0.2) is 24.4 Å². The number of hydrogen-bond acceptors (Lipinski definition) is 3. The van der Waals surface area contributed by atoms with Gasteiger partial charge in [0.15, 0.2) is 0 Å². The summed E-state index contributed by atoms with van der Waals surface area (Å²) in [4.78, 5) is 0. The van der Waals surface area contributed by atoms with Crippen LogP contribution >= 0.6 is 0 Å². The molecule has 0 fully saturated rings. The lowest BCUT2D eigenvalue weighted by molar-refractivity contribution is 0.0348. The van der Waals surface area contributed by atoms with Crippen molar-refractivity contribution in [1.82, 2.24) is 0 Å². The molecule has 2 aromatic carbocycles. The van der Waals surface area contributed by atoms with Gasteiger partial charge in [-0.15, -0.1) is 0 Å². The Bertz CT molecular complexity index is 560. The van der Waals surface area contributed by atoms with Crippen LogP contribution in [0, 0.1) is 12.7 Å². The van der Waals surface area contributed by atoms with Gasteiger partial charge in [0.25, 0.3) is 0 Å². The molecule has 1 atom stereocenters. The van der Waals surface area contributed by atoms with Gasteiger partial charge in [0.05, 0.1) is 25.0 Å². The van der Waals surface area contributed by atoms with E-state index in [9.17, 15) is 9.50 Å². The third kappa shape index (κ3) is 5.17. The topological polar surface area (TPSA) is 41.5 Å². The van der Waals surface area contributed by atoms with Crippen molar-refractivity contribution in [3.05, 3.63) is 65.5 Å². The Morgan fingerprint density at radius 3 is 2.67 bits per heavy atom. The van der Waals surface area contributed by atoms with E-state index in [2.05, 4.69) is 5.32 Å². The Morgan fingerprint density at radius 2 is 1.95 bits per heavy atom. The second kappa shape index (κ2) is 7.76. The lowest BCUT2D eigenvalue weighted by Gasteiger charge is -2.14. The monoisotopic (exact) mass is 289 g/mol. The van der Waals surface area contributed by atoms with Gasteiger partial charge in [-0.3, -0.25) is 0 Å². The summed E-state index contributed by atoms with van der Waals surface area (Å²) in [7, 11) is 0. The lowest BCUT2D eigenvalue weighted by atomic mass is 10.2. The molecule has 0 heterocycles. The molecular formula is C17H20FNO2. The number of aliphatic hydroxyl groups is 1. The summed E-state index contributed by atoms with van der Waals surface area (Å²) in [5.41, 5.74) is 2.31. The molecule has 0 amide bonds. The minimum Gasteiger partial charge on any atom is -0.389 e. The SMILES string of the molecule is Cc1ccc(NCC(O)COCc2ccccc2)c(F)c1. The highest BCUT2D eigenvalue weighted by Crippen LogP contribution is 2.15. The number of rotatable bonds is 7. The molecule has 0 bridgehead atoms. The molecule has 0 aliphatic rings. The zero-order chi connectivity index (χ0) is 15.1. The van der Waals surface area contributed by atoms with E-state index in [0.717, 1.165) is 11.1 Å². The number of hydrogen-bond donors (Lipinski definition) is 2. The Kier molecular flexibility index (Phi) is 5.72. The molecule has 4 heteroatoms. The molecule has 0 aliphatic heterocycles. The normalized spacial score (nSPS) is 12.1. The van der Waals surface area contributed by atoms with Crippen LogP contribution in [0.15, 0.2) is 48.5 Å². The molecule has 0 aromatic heterocycles. The van der Waals surface area contributed by atoms with Crippen molar-refractivity contribution in [2.24, 2.45) is 0 Å². The summed E-state index contributed by atoms with van der Waals surface area (Å²) in [6.45, 7) is 2.74. The number of halogens is 1. The zero-order valence-corrected chi connectivity index (χ0v) is 12.1. The second-order valence-electron chi connectivity index (χ2n) is 5.02. The first kappa shape index (κ1) is 15.5. The van der Waals surface area contributed by atoms with E-state index >= 15 is 0 Å². The van der Waals surface area contributed by atoms with E-state index in [-0.39, 0.29) is 19.0 Å². The van der Waals surface area contributed by atoms with Crippen LogP contribution in [0.25, 0.3) is 0 Å². The predicted molar refractivity (Wildman–Crippen MR) is 81.7 cm³/mol. The summed E-state index contributed by atoms with van der Waals surface area (Å²) in [6, 6.07) is 14.7. The van der Waals surface area contributed by atoms with Gasteiger partial charge in [0.1, 0.15) is 5.82 Å². The number of nitrogens with one attached hydrogen (secondary N) is 1. The lowest BCUT2D eigenvalue weighted by Crippen LogP contribution is -2.25. The van der Waals surface area contributed by atoms with Gasteiger partial charge < -0.3 is 15.2 Å². The average molecular weight is 289 g/mol. The van der Waals surface area contributed by atoms with Crippen LogP contribution in [0.5, 0.6) is 0 Å². The fraction of sp³-hybridized carbons (Fsp3) is 0.294. The van der Waals surface area contributed by atoms with Crippen LogP contribution in [0.1, 0.15) is 11.1 Å². The molecule has 2 N–H and O–H groups in total. The first-order valence-electron chi connectivity index (χ1n) is 6.95.